The van der Waals surface area contributed by atoms with Crippen molar-refractivity contribution in [2.24, 2.45) is 0 Å². The first kappa shape index (κ1) is 26.0. The van der Waals surface area contributed by atoms with Crippen molar-refractivity contribution >= 4 is 60.9 Å². The Kier molecular flexibility index (Phi) is 5.57. The summed E-state index contributed by atoms with van der Waals surface area (Å²) in [6.07, 6.45) is 0. The van der Waals surface area contributed by atoms with E-state index in [1.807, 2.05) is 0 Å². The van der Waals surface area contributed by atoms with Gasteiger partial charge in [-0.3, -0.25) is 8.80 Å². The van der Waals surface area contributed by atoms with Crippen molar-refractivity contribution in [1.82, 2.24) is 8.80 Å². The number of imidazole rings is 1. The second-order valence-electron chi connectivity index (χ2n) is 12.2. The zero-order valence-electron chi connectivity index (χ0n) is 25.6. The van der Waals surface area contributed by atoms with Gasteiger partial charge in [-0.05, 0) is 59.2 Å². The highest BCUT2D eigenvalue weighted by Crippen LogP contribution is 2.47. The molecule has 0 amide bonds. The molecule has 3 heterocycles. The number of anilines is 3. The standard InChI is InChI=1S/C44H29N3/c1-3-14-30(15-4-1)31-26-28-33(29-27-31)45(37-21-10-7-18-34(37)32-16-5-2-6-17-32)40-24-13-25-41-43(40)47-39-23-12-9-20-36(39)42-35-19-8-11-22-38(35)46(41)44(42)47/h1-29H. The van der Waals surface area contributed by atoms with Gasteiger partial charge >= 0.3 is 0 Å². The van der Waals surface area contributed by atoms with Crippen molar-refractivity contribution < 1.29 is 0 Å². The summed E-state index contributed by atoms with van der Waals surface area (Å²) in [7, 11) is 0. The smallest absolute Gasteiger partial charge is 0.131 e. The highest BCUT2D eigenvalue weighted by molar-refractivity contribution is 6.24. The molecule has 0 aliphatic carbocycles. The van der Waals surface area contributed by atoms with Gasteiger partial charge in [0.2, 0.25) is 0 Å². The van der Waals surface area contributed by atoms with Crippen molar-refractivity contribution in [3.05, 3.63) is 176 Å². The molecule has 3 heteroatoms. The molecule has 0 saturated heterocycles. The van der Waals surface area contributed by atoms with Crippen LogP contribution in [0.1, 0.15) is 0 Å². The molecule has 3 nitrogen and oxygen atoms in total. The van der Waals surface area contributed by atoms with Gasteiger partial charge in [-0.2, -0.15) is 0 Å². The molecule has 3 aromatic heterocycles. The molecule has 0 atom stereocenters. The summed E-state index contributed by atoms with van der Waals surface area (Å²) in [6, 6.07) is 63.5. The van der Waals surface area contributed by atoms with E-state index < -0.39 is 0 Å². The molecule has 0 aliphatic rings. The number of hydrogen-bond acceptors (Lipinski definition) is 1. The Morgan fingerprint density at radius 1 is 0.362 bits per heavy atom. The topological polar surface area (TPSA) is 12.1 Å². The fourth-order valence-corrected chi connectivity index (χ4v) is 7.65. The summed E-state index contributed by atoms with van der Waals surface area (Å²) in [4.78, 5) is 2.45. The summed E-state index contributed by atoms with van der Waals surface area (Å²) in [5, 5.41) is 3.87. The van der Waals surface area contributed by atoms with Gasteiger partial charge in [0.05, 0.1) is 33.4 Å². The van der Waals surface area contributed by atoms with Crippen molar-refractivity contribution in [1.29, 1.82) is 0 Å². The van der Waals surface area contributed by atoms with Crippen molar-refractivity contribution in [2.75, 3.05) is 4.90 Å². The third kappa shape index (κ3) is 3.74. The van der Waals surface area contributed by atoms with Crippen LogP contribution in [0, 0.1) is 0 Å². The fraction of sp³-hybridized carbons (Fsp3) is 0. The van der Waals surface area contributed by atoms with Crippen LogP contribution in [0.4, 0.5) is 17.1 Å². The number of rotatable bonds is 5. The van der Waals surface area contributed by atoms with E-state index in [-0.39, 0.29) is 0 Å². The van der Waals surface area contributed by atoms with Crippen LogP contribution in [0.5, 0.6) is 0 Å². The highest BCUT2D eigenvalue weighted by atomic mass is 15.2. The van der Waals surface area contributed by atoms with Gasteiger partial charge in [-0.1, -0.05) is 133 Å². The van der Waals surface area contributed by atoms with E-state index in [9.17, 15) is 0 Å². The normalized spacial score (nSPS) is 11.8. The highest BCUT2D eigenvalue weighted by Gasteiger charge is 2.27. The molecule has 220 valence electrons. The molecule has 10 rings (SSSR count). The van der Waals surface area contributed by atoms with Crippen LogP contribution in [0.15, 0.2) is 176 Å². The summed E-state index contributed by atoms with van der Waals surface area (Å²) < 4.78 is 4.95. The summed E-state index contributed by atoms with van der Waals surface area (Å²) in [5.74, 6) is 0. The van der Waals surface area contributed by atoms with Gasteiger partial charge in [0, 0.05) is 27.4 Å². The lowest BCUT2D eigenvalue weighted by Crippen LogP contribution is -2.12. The molecule has 47 heavy (non-hydrogen) atoms. The van der Waals surface area contributed by atoms with Crippen LogP contribution >= 0.6 is 0 Å². The first-order valence-electron chi connectivity index (χ1n) is 16.1. The van der Waals surface area contributed by atoms with Crippen LogP contribution in [0.3, 0.4) is 0 Å². The first-order valence-corrected chi connectivity index (χ1v) is 16.1. The van der Waals surface area contributed by atoms with E-state index in [1.165, 1.54) is 66.1 Å². The summed E-state index contributed by atoms with van der Waals surface area (Å²) in [6.45, 7) is 0. The molecular formula is C44H29N3. The molecule has 0 aliphatic heterocycles. The largest absolute Gasteiger partial charge is 0.308 e. The maximum atomic E-state index is 2.49. The van der Waals surface area contributed by atoms with Gasteiger partial charge < -0.3 is 4.90 Å². The maximum Gasteiger partial charge on any atom is 0.131 e. The van der Waals surface area contributed by atoms with Gasteiger partial charge in [-0.15, -0.1) is 0 Å². The van der Waals surface area contributed by atoms with Crippen molar-refractivity contribution in [3.63, 3.8) is 0 Å². The number of nitrogens with zero attached hydrogens (tertiary/aromatic N) is 3. The average molecular weight is 600 g/mol. The monoisotopic (exact) mass is 599 g/mol. The lowest BCUT2D eigenvalue weighted by atomic mass is 10.0. The Morgan fingerprint density at radius 3 is 1.62 bits per heavy atom. The number of aromatic nitrogens is 2. The Morgan fingerprint density at radius 2 is 0.894 bits per heavy atom. The van der Waals surface area contributed by atoms with Crippen molar-refractivity contribution in [3.8, 4) is 22.3 Å². The summed E-state index contributed by atoms with van der Waals surface area (Å²) >= 11 is 0. The van der Waals surface area contributed by atoms with E-state index >= 15 is 0 Å². The van der Waals surface area contributed by atoms with Gasteiger partial charge in [-0.25, -0.2) is 0 Å². The molecule has 0 spiro atoms. The molecular weight excluding hydrogens is 571 g/mol. The van der Waals surface area contributed by atoms with E-state index in [1.54, 1.807) is 0 Å². The second-order valence-corrected chi connectivity index (χ2v) is 12.2. The van der Waals surface area contributed by atoms with E-state index in [2.05, 4.69) is 190 Å². The minimum absolute atomic E-state index is 1.11. The first-order chi connectivity index (χ1) is 23.4. The number of fused-ring (bicyclic) bond motifs is 9. The molecule has 10 aromatic rings. The minimum atomic E-state index is 1.11. The Bertz CT molecular complexity index is 2710. The quantitative estimate of drug-likeness (QED) is 0.192. The lowest BCUT2D eigenvalue weighted by molar-refractivity contribution is 1.26. The van der Waals surface area contributed by atoms with Crippen molar-refractivity contribution in [2.45, 2.75) is 0 Å². The Hall–Kier alpha value is -6.32. The van der Waals surface area contributed by atoms with E-state index in [4.69, 9.17) is 0 Å². The van der Waals surface area contributed by atoms with Crippen LogP contribution < -0.4 is 4.90 Å². The van der Waals surface area contributed by atoms with E-state index in [0.29, 0.717) is 0 Å². The molecule has 0 unspecified atom stereocenters. The van der Waals surface area contributed by atoms with E-state index in [0.717, 1.165) is 17.1 Å². The molecule has 0 N–H and O–H groups in total. The third-order valence-corrected chi connectivity index (χ3v) is 9.64. The summed E-state index contributed by atoms with van der Waals surface area (Å²) in [5.41, 5.74) is 14.2. The Labute approximate surface area is 272 Å². The third-order valence-electron chi connectivity index (χ3n) is 9.64. The van der Waals surface area contributed by atoms with Gasteiger partial charge in [0.1, 0.15) is 5.65 Å². The molecule has 7 aromatic carbocycles. The van der Waals surface area contributed by atoms with Crippen LogP contribution in [0.25, 0.3) is 66.1 Å². The number of para-hydroxylation sites is 4. The predicted octanol–water partition coefficient (Wildman–Crippen LogP) is 11.9. The number of benzene rings is 7. The minimum Gasteiger partial charge on any atom is -0.308 e. The molecule has 0 radical (unpaired) electrons. The van der Waals surface area contributed by atoms with Crippen LogP contribution in [-0.2, 0) is 0 Å². The lowest BCUT2D eigenvalue weighted by Gasteiger charge is -2.28. The van der Waals surface area contributed by atoms with Gasteiger partial charge in [0.15, 0.2) is 0 Å². The molecule has 0 bridgehead atoms. The average Bonchev–Trinajstić information content (AvgIpc) is 3.78. The zero-order chi connectivity index (χ0) is 30.9. The van der Waals surface area contributed by atoms with Gasteiger partial charge in [0.25, 0.3) is 0 Å². The van der Waals surface area contributed by atoms with Crippen LogP contribution in [0.2, 0.25) is 0 Å². The predicted molar refractivity (Wildman–Crippen MR) is 198 cm³/mol. The Balaban J connectivity index is 1.32. The maximum absolute atomic E-state index is 2.49. The van der Waals surface area contributed by atoms with Crippen LogP contribution in [-0.4, -0.2) is 8.80 Å². The molecule has 0 fully saturated rings. The second kappa shape index (κ2) is 10.1. The number of hydrogen-bond donors (Lipinski definition) is 0. The molecule has 0 saturated carbocycles. The zero-order valence-corrected chi connectivity index (χ0v) is 25.6. The fourth-order valence-electron chi connectivity index (χ4n) is 7.65. The SMILES string of the molecule is c1ccc(-c2ccc(N(c3ccccc3-c3ccccc3)c3cccc4c3n3c5ccccc5c5c6ccccc6n4c53)cc2)cc1.